The minimum atomic E-state index is -1.73. The Labute approximate surface area is 180 Å². The van der Waals surface area contributed by atoms with Crippen LogP contribution >= 0.6 is 0 Å². The topological polar surface area (TPSA) is 0 Å². The largest absolute Gasteiger partial charge is 0.125 e. The predicted octanol–water partition coefficient (Wildman–Crippen LogP) is 6.61. The normalized spacial score (nSPS) is 23.2. The van der Waals surface area contributed by atoms with Gasteiger partial charge in [0.15, 0.2) is 0 Å². The van der Waals surface area contributed by atoms with Gasteiger partial charge in [0.1, 0.15) is 8.07 Å². The summed E-state index contributed by atoms with van der Waals surface area (Å²) in [5.41, 5.74) is 8.68. The molecule has 0 bridgehead atoms. The van der Waals surface area contributed by atoms with Gasteiger partial charge in [-0.25, -0.2) is 0 Å². The lowest BCUT2D eigenvalue weighted by Crippen LogP contribution is -2.54. The van der Waals surface area contributed by atoms with Crippen LogP contribution in [0.1, 0.15) is 88.5 Å². The summed E-state index contributed by atoms with van der Waals surface area (Å²) in [6.45, 7) is 9.54. The molecule has 2 aromatic rings. The van der Waals surface area contributed by atoms with E-state index in [1.165, 1.54) is 64.2 Å². The maximum Gasteiger partial charge on any atom is 0.125 e. The van der Waals surface area contributed by atoms with E-state index in [0.717, 1.165) is 11.1 Å². The summed E-state index contributed by atoms with van der Waals surface area (Å²) in [6.07, 6.45) is 13.6. The van der Waals surface area contributed by atoms with Crippen LogP contribution in [0.2, 0.25) is 11.1 Å². The molecule has 0 nitrogen and oxygen atoms in total. The highest BCUT2D eigenvalue weighted by atomic mass is 28.3. The molecule has 0 radical (unpaired) electrons. The van der Waals surface area contributed by atoms with Crippen LogP contribution in [0, 0.1) is 0 Å². The van der Waals surface area contributed by atoms with Gasteiger partial charge in [0, 0.05) is 0 Å². The minimum Gasteiger partial charge on any atom is -0.0617 e. The van der Waals surface area contributed by atoms with E-state index >= 15 is 0 Å². The average molecular weight is 405 g/mol. The molecule has 1 heteroatoms. The molecule has 1 saturated carbocycles. The quantitative estimate of drug-likeness (QED) is 0.475. The van der Waals surface area contributed by atoms with Crippen LogP contribution in [0.4, 0.5) is 0 Å². The fourth-order valence-electron chi connectivity index (χ4n) is 6.89. The van der Waals surface area contributed by atoms with E-state index < -0.39 is 8.07 Å². The molecule has 0 amide bonds. The lowest BCUT2D eigenvalue weighted by atomic mass is 10.0. The van der Waals surface area contributed by atoms with Crippen LogP contribution in [0.5, 0.6) is 0 Å². The molecule has 2 atom stereocenters. The molecule has 2 aromatic carbocycles. The highest BCUT2D eigenvalue weighted by Gasteiger charge is 2.68. The molecule has 2 unspecified atom stereocenters. The van der Waals surface area contributed by atoms with Crippen LogP contribution in [0.25, 0.3) is 0 Å². The Hall–Kier alpha value is -1.34. The number of fused-ring (bicyclic) bond motifs is 1. The van der Waals surface area contributed by atoms with Crippen LogP contribution < -0.4 is 10.4 Å². The van der Waals surface area contributed by atoms with Gasteiger partial charge in [-0.1, -0.05) is 103 Å². The zero-order valence-corrected chi connectivity index (χ0v) is 20.2. The molecule has 2 aliphatic rings. The van der Waals surface area contributed by atoms with Gasteiger partial charge in [0.2, 0.25) is 0 Å². The third-order valence-corrected chi connectivity index (χ3v) is 14.4. The molecular weight excluding hydrogens is 364 g/mol. The van der Waals surface area contributed by atoms with Gasteiger partial charge in [-0.3, -0.25) is 0 Å². The van der Waals surface area contributed by atoms with Gasteiger partial charge in [0.05, 0.1) is 0 Å². The highest BCUT2D eigenvalue weighted by Crippen LogP contribution is 2.65. The second-order valence-corrected chi connectivity index (χ2v) is 13.6. The van der Waals surface area contributed by atoms with Crippen LogP contribution in [0.3, 0.4) is 0 Å². The Morgan fingerprint density at radius 3 is 1.24 bits per heavy atom. The Bertz CT molecular complexity index is 733. The maximum absolute atomic E-state index is 2.47. The number of aryl methyl sites for hydroxylation is 4. The first-order valence-electron chi connectivity index (χ1n) is 12.5. The first-order chi connectivity index (χ1) is 14.2. The van der Waals surface area contributed by atoms with Crippen molar-refractivity contribution in [2.75, 3.05) is 0 Å². The molecule has 1 saturated heterocycles. The summed E-state index contributed by atoms with van der Waals surface area (Å²) in [4.78, 5) is 0. The second kappa shape index (κ2) is 8.80. The first-order valence-corrected chi connectivity index (χ1v) is 14.6. The van der Waals surface area contributed by atoms with E-state index in [0.29, 0.717) is 0 Å². The van der Waals surface area contributed by atoms with Crippen molar-refractivity contribution in [3.05, 3.63) is 58.7 Å². The summed E-state index contributed by atoms with van der Waals surface area (Å²) in [5.74, 6) is 0. The summed E-state index contributed by atoms with van der Waals surface area (Å²) in [5, 5.41) is 3.77. The molecule has 0 spiro atoms. The molecule has 156 valence electrons. The molecular formula is C28H40Si. The zero-order chi connectivity index (χ0) is 20.4. The lowest BCUT2D eigenvalue weighted by molar-refractivity contribution is 0.544. The summed E-state index contributed by atoms with van der Waals surface area (Å²) in [6, 6.07) is 14.5. The van der Waals surface area contributed by atoms with Crippen molar-refractivity contribution in [2.45, 2.75) is 103 Å². The standard InChI is InChI=1S/C28H40Si/c1-5-21-15-13-16-22(6-2)27(21)29(25-19-11-9-10-12-20-26(25)29)28-23(7-3)17-14-18-24(28)8-4/h13-18,25-26H,5-12,19-20H2,1-4H3. The van der Waals surface area contributed by atoms with E-state index in [9.17, 15) is 0 Å². The van der Waals surface area contributed by atoms with Crippen molar-refractivity contribution in [3.8, 4) is 0 Å². The molecule has 1 aliphatic carbocycles. The van der Waals surface area contributed by atoms with Gasteiger partial charge in [0.25, 0.3) is 0 Å². The molecule has 1 heterocycles. The van der Waals surface area contributed by atoms with Crippen LogP contribution in [0.15, 0.2) is 36.4 Å². The number of benzene rings is 2. The second-order valence-electron chi connectivity index (χ2n) is 9.39. The van der Waals surface area contributed by atoms with Gasteiger partial charge >= 0.3 is 0 Å². The van der Waals surface area contributed by atoms with E-state index in [1.807, 2.05) is 10.4 Å². The van der Waals surface area contributed by atoms with Crippen LogP contribution in [-0.2, 0) is 25.7 Å². The maximum atomic E-state index is 2.47. The fourth-order valence-corrected chi connectivity index (χ4v) is 15.0. The molecule has 0 N–H and O–H groups in total. The average Bonchev–Trinajstić information content (AvgIpc) is 3.36. The predicted molar refractivity (Wildman–Crippen MR) is 131 cm³/mol. The van der Waals surface area contributed by atoms with Gasteiger partial charge in [-0.2, -0.15) is 0 Å². The third-order valence-electron chi connectivity index (χ3n) is 8.15. The van der Waals surface area contributed by atoms with Crippen molar-refractivity contribution < 1.29 is 0 Å². The zero-order valence-electron chi connectivity index (χ0n) is 19.2. The van der Waals surface area contributed by atoms with Crippen molar-refractivity contribution in [1.29, 1.82) is 0 Å². The van der Waals surface area contributed by atoms with E-state index in [-0.39, 0.29) is 0 Å². The molecule has 2 fully saturated rings. The van der Waals surface area contributed by atoms with E-state index in [4.69, 9.17) is 0 Å². The third kappa shape index (κ3) is 3.34. The van der Waals surface area contributed by atoms with Crippen molar-refractivity contribution >= 4 is 18.4 Å². The van der Waals surface area contributed by atoms with Crippen molar-refractivity contribution in [3.63, 3.8) is 0 Å². The number of rotatable bonds is 6. The first kappa shape index (κ1) is 20.9. The van der Waals surface area contributed by atoms with Gasteiger partial charge < -0.3 is 0 Å². The fraction of sp³-hybridized carbons (Fsp3) is 0.571. The van der Waals surface area contributed by atoms with Gasteiger partial charge in [-0.05, 0) is 69.4 Å². The van der Waals surface area contributed by atoms with Crippen molar-refractivity contribution in [1.82, 2.24) is 0 Å². The molecule has 1 aliphatic heterocycles. The summed E-state index contributed by atoms with van der Waals surface area (Å²) in [7, 11) is -1.73. The lowest BCUT2D eigenvalue weighted by Gasteiger charge is -2.29. The Morgan fingerprint density at radius 1 is 0.586 bits per heavy atom. The smallest absolute Gasteiger partial charge is 0.0617 e. The van der Waals surface area contributed by atoms with Crippen LogP contribution in [-0.4, -0.2) is 8.07 Å². The number of hydrogen-bond acceptors (Lipinski definition) is 0. The molecule has 4 rings (SSSR count). The summed E-state index contributed by atoms with van der Waals surface area (Å²) >= 11 is 0. The molecule has 29 heavy (non-hydrogen) atoms. The Balaban J connectivity index is 2.03. The Kier molecular flexibility index (Phi) is 6.34. The summed E-state index contributed by atoms with van der Waals surface area (Å²) < 4.78 is 0. The van der Waals surface area contributed by atoms with E-state index in [2.05, 4.69) is 64.1 Å². The minimum absolute atomic E-state index is 0.985. The monoisotopic (exact) mass is 404 g/mol. The Morgan fingerprint density at radius 2 is 0.931 bits per heavy atom. The van der Waals surface area contributed by atoms with Gasteiger partial charge in [-0.15, -0.1) is 0 Å². The number of hydrogen-bond donors (Lipinski definition) is 0. The van der Waals surface area contributed by atoms with E-state index in [1.54, 1.807) is 22.3 Å². The SMILES string of the molecule is CCc1cccc(CC)c1[Si]1(c2c(CC)cccc2CC)C2CCCCCCC21. The molecule has 0 aromatic heterocycles. The highest BCUT2D eigenvalue weighted by molar-refractivity contribution is 7.13. The van der Waals surface area contributed by atoms with Crippen molar-refractivity contribution in [2.24, 2.45) is 0 Å².